The lowest BCUT2D eigenvalue weighted by atomic mass is 10.0. The van der Waals surface area contributed by atoms with Gasteiger partial charge in [-0.25, -0.2) is 8.42 Å². The quantitative estimate of drug-likeness (QED) is 0.915. The summed E-state index contributed by atoms with van der Waals surface area (Å²) in [6.45, 7) is 4.24. The first kappa shape index (κ1) is 13.0. The third kappa shape index (κ3) is 2.14. The highest BCUT2D eigenvalue weighted by atomic mass is 32.2. The van der Waals surface area contributed by atoms with E-state index in [0.29, 0.717) is 11.4 Å². The fourth-order valence-corrected chi connectivity index (χ4v) is 5.44. The Labute approximate surface area is 106 Å². The number of aliphatic hydroxyl groups is 1. The fourth-order valence-electron chi connectivity index (χ4n) is 2.32. The summed E-state index contributed by atoms with van der Waals surface area (Å²) in [7, 11) is -3.46. The van der Waals surface area contributed by atoms with E-state index in [1.54, 1.807) is 15.8 Å². The normalized spacial score (nSPS) is 20.9. The van der Waals surface area contributed by atoms with E-state index >= 15 is 0 Å². The lowest BCUT2D eigenvalue weighted by molar-refractivity contribution is 0.277. The SMILES string of the molecule is CC1(C)CCCN1S(=O)(=O)c1ccsc1CO. The zero-order valence-electron chi connectivity index (χ0n) is 10.0. The Hall–Kier alpha value is -0.430. The van der Waals surface area contributed by atoms with Crippen molar-refractivity contribution in [2.24, 2.45) is 0 Å². The van der Waals surface area contributed by atoms with Gasteiger partial charge in [0.1, 0.15) is 0 Å². The molecule has 2 rings (SSSR count). The van der Waals surface area contributed by atoms with E-state index in [0.717, 1.165) is 12.8 Å². The lowest BCUT2D eigenvalue weighted by Crippen LogP contribution is -2.42. The minimum Gasteiger partial charge on any atom is -0.391 e. The van der Waals surface area contributed by atoms with Crippen molar-refractivity contribution in [1.29, 1.82) is 0 Å². The molecule has 1 aromatic rings. The first-order valence-electron chi connectivity index (χ1n) is 5.60. The summed E-state index contributed by atoms with van der Waals surface area (Å²) in [4.78, 5) is 0.785. The Morgan fingerprint density at radius 3 is 2.76 bits per heavy atom. The van der Waals surface area contributed by atoms with Crippen LogP contribution in [-0.4, -0.2) is 29.9 Å². The molecule has 0 aromatic carbocycles. The fraction of sp³-hybridized carbons (Fsp3) is 0.636. The van der Waals surface area contributed by atoms with Crippen LogP contribution in [0.5, 0.6) is 0 Å². The van der Waals surface area contributed by atoms with E-state index < -0.39 is 10.0 Å². The lowest BCUT2D eigenvalue weighted by Gasteiger charge is -2.30. The van der Waals surface area contributed by atoms with Crippen LogP contribution in [-0.2, 0) is 16.6 Å². The van der Waals surface area contributed by atoms with Crippen LogP contribution in [0.2, 0.25) is 0 Å². The molecule has 1 fully saturated rings. The second-order valence-corrected chi connectivity index (χ2v) is 7.69. The Balaban J connectivity index is 2.44. The minimum atomic E-state index is -3.46. The highest BCUT2D eigenvalue weighted by Gasteiger charge is 2.41. The Bertz CT molecular complexity index is 505. The van der Waals surface area contributed by atoms with Crippen molar-refractivity contribution >= 4 is 21.4 Å². The van der Waals surface area contributed by atoms with Crippen molar-refractivity contribution in [2.45, 2.75) is 43.7 Å². The number of thiophene rings is 1. The third-order valence-corrected chi connectivity index (χ3v) is 6.47. The van der Waals surface area contributed by atoms with E-state index in [2.05, 4.69) is 0 Å². The number of rotatable bonds is 3. The Kier molecular flexibility index (Phi) is 3.33. The predicted molar refractivity (Wildman–Crippen MR) is 67.4 cm³/mol. The first-order valence-corrected chi connectivity index (χ1v) is 7.91. The van der Waals surface area contributed by atoms with Crippen LogP contribution < -0.4 is 0 Å². The maximum atomic E-state index is 12.5. The van der Waals surface area contributed by atoms with Crippen molar-refractivity contribution in [1.82, 2.24) is 4.31 Å². The molecule has 1 aliphatic heterocycles. The second kappa shape index (κ2) is 4.35. The van der Waals surface area contributed by atoms with Crippen LogP contribution in [0, 0.1) is 0 Å². The molecule has 6 heteroatoms. The van der Waals surface area contributed by atoms with Gasteiger partial charge >= 0.3 is 0 Å². The molecule has 0 saturated carbocycles. The van der Waals surface area contributed by atoms with Crippen LogP contribution in [0.25, 0.3) is 0 Å². The number of hydrogen-bond acceptors (Lipinski definition) is 4. The van der Waals surface area contributed by atoms with Gasteiger partial charge in [-0.15, -0.1) is 11.3 Å². The van der Waals surface area contributed by atoms with E-state index in [9.17, 15) is 13.5 Å². The summed E-state index contributed by atoms with van der Waals surface area (Å²) in [6, 6.07) is 1.58. The van der Waals surface area contributed by atoms with Crippen LogP contribution in [0.3, 0.4) is 0 Å². The summed E-state index contributed by atoms with van der Waals surface area (Å²) in [6.07, 6.45) is 1.77. The number of hydrogen-bond donors (Lipinski definition) is 1. The van der Waals surface area contributed by atoms with Gasteiger partial charge in [-0.1, -0.05) is 0 Å². The average molecular weight is 275 g/mol. The molecular weight excluding hydrogens is 258 g/mol. The first-order chi connectivity index (χ1) is 7.89. The molecule has 0 spiro atoms. The maximum Gasteiger partial charge on any atom is 0.244 e. The molecule has 17 heavy (non-hydrogen) atoms. The van der Waals surface area contributed by atoms with Gasteiger partial charge in [0.2, 0.25) is 10.0 Å². The van der Waals surface area contributed by atoms with E-state index in [1.807, 2.05) is 13.8 Å². The smallest absolute Gasteiger partial charge is 0.244 e. The Morgan fingerprint density at radius 2 is 2.24 bits per heavy atom. The Morgan fingerprint density at radius 1 is 1.53 bits per heavy atom. The molecule has 1 aliphatic rings. The number of sulfonamides is 1. The monoisotopic (exact) mass is 275 g/mol. The van der Waals surface area contributed by atoms with Crippen LogP contribution in [0.4, 0.5) is 0 Å². The van der Waals surface area contributed by atoms with Gasteiger partial charge in [0.25, 0.3) is 0 Å². The van der Waals surface area contributed by atoms with E-state index in [4.69, 9.17) is 0 Å². The van der Waals surface area contributed by atoms with Crippen LogP contribution in [0.1, 0.15) is 31.6 Å². The van der Waals surface area contributed by atoms with Gasteiger partial charge in [0.15, 0.2) is 0 Å². The van der Waals surface area contributed by atoms with E-state index in [-0.39, 0.29) is 17.0 Å². The summed E-state index contributed by atoms with van der Waals surface area (Å²) in [5.41, 5.74) is -0.326. The highest BCUT2D eigenvalue weighted by molar-refractivity contribution is 7.89. The molecule has 0 atom stereocenters. The molecule has 1 saturated heterocycles. The molecular formula is C11H17NO3S2. The topological polar surface area (TPSA) is 57.6 Å². The van der Waals surface area contributed by atoms with E-state index in [1.165, 1.54) is 11.3 Å². The standard InChI is InChI=1S/C11H17NO3S2/c1-11(2)5-3-6-12(11)17(14,15)10-4-7-16-9(10)8-13/h4,7,13H,3,5-6,8H2,1-2H3. The molecule has 2 heterocycles. The van der Waals surface area contributed by atoms with Crippen molar-refractivity contribution in [3.63, 3.8) is 0 Å². The second-order valence-electron chi connectivity index (χ2n) is 4.86. The van der Waals surface area contributed by atoms with Gasteiger partial charge in [-0.3, -0.25) is 0 Å². The number of nitrogens with zero attached hydrogens (tertiary/aromatic N) is 1. The zero-order valence-corrected chi connectivity index (χ0v) is 11.6. The van der Waals surface area contributed by atoms with Gasteiger partial charge in [-0.05, 0) is 38.1 Å². The van der Waals surface area contributed by atoms with Crippen molar-refractivity contribution in [3.8, 4) is 0 Å². The summed E-state index contributed by atoms with van der Waals surface area (Å²) < 4.78 is 26.6. The molecule has 0 radical (unpaired) electrons. The molecule has 0 amide bonds. The summed E-state index contributed by atoms with van der Waals surface area (Å²) >= 11 is 1.28. The van der Waals surface area contributed by atoms with Crippen molar-refractivity contribution < 1.29 is 13.5 Å². The molecule has 0 unspecified atom stereocenters. The predicted octanol–water partition coefficient (Wildman–Crippen LogP) is 1.80. The third-order valence-electron chi connectivity index (χ3n) is 3.24. The number of aliphatic hydroxyl groups excluding tert-OH is 1. The molecule has 1 N–H and O–H groups in total. The highest BCUT2D eigenvalue weighted by Crippen LogP contribution is 2.35. The van der Waals surface area contributed by atoms with Gasteiger partial charge in [-0.2, -0.15) is 4.31 Å². The maximum absolute atomic E-state index is 12.5. The molecule has 0 bridgehead atoms. The van der Waals surface area contributed by atoms with Gasteiger partial charge in [0.05, 0.1) is 11.5 Å². The molecule has 0 aliphatic carbocycles. The van der Waals surface area contributed by atoms with Crippen LogP contribution in [0.15, 0.2) is 16.3 Å². The van der Waals surface area contributed by atoms with Crippen molar-refractivity contribution in [2.75, 3.05) is 6.54 Å². The van der Waals surface area contributed by atoms with Crippen molar-refractivity contribution in [3.05, 3.63) is 16.3 Å². The summed E-state index contributed by atoms with van der Waals surface area (Å²) in [5, 5.41) is 10.9. The van der Waals surface area contributed by atoms with Gasteiger partial charge in [0, 0.05) is 17.0 Å². The average Bonchev–Trinajstić information content (AvgIpc) is 2.83. The molecule has 96 valence electrons. The van der Waals surface area contributed by atoms with Gasteiger partial charge < -0.3 is 5.11 Å². The summed E-state index contributed by atoms with van der Waals surface area (Å²) in [5.74, 6) is 0. The largest absolute Gasteiger partial charge is 0.391 e. The molecule has 4 nitrogen and oxygen atoms in total. The van der Waals surface area contributed by atoms with Crippen LogP contribution >= 0.6 is 11.3 Å². The molecule has 1 aromatic heterocycles. The zero-order chi connectivity index (χ0) is 12.7. The minimum absolute atomic E-state index is 0.222.